The molecule has 24 heavy (non-hydrogen) atoms. The lowest BCUT2D eigenvalue weighted by molar-refractivity contribution is 0.102. The number of benzene rings is 1. The maximum Gasteiger partial charge on any atom is 0.293 e. The number of ether oxygens (including phenoxy) is 1. The number of anilines is 1. The molecule has 0 aliphatic carbocycles. The zero-order chi connectivity index (χ0) is 17.1. The lowest BCUT2D eigenvalue weighted by atomic mass is 9.99. The fourth-order valence-corrected chi connectivity index (χ4v) is 2.74. The third-order valence-corrected chi connectivity index (χ3v) is 3.96. The molecule has 0 bridgehead atoms. The summed E-state index contributed by atoms with van der Waals surface area (Å²) in [7, 11) is 1.58. The third-order valence-electron chi connectivity index (χ3n) is 3.32. The predicted molar refractivity (Wildman–Crippen MR) is 90.5 cm³/mol. The first kappa shape index (κ1) is 15.9. The standard InChI is InChI=1S/C16H14N4O3S/c1-9-7-11(10-5-3-4-6-13(10)23-2)12(8-17-9)14(21)18-15-19-20-16(22)24-15/h3-8H,1-2H3,(H,20,22)(H,18,19,21). The summed E-state index contributed by atoms with van der Waals surface area (Å²) in [5, 5.41) is 19.0. The topological polar surface area (TPSA) is 97.2 Å². The summed E-state index contributed by atoms with van der Waals surface area (Å²) in [4.78, 5) is 16.8. The van der Waals surface area contributed by atoms with Crippen LogP contribution in [0.2, 0.25) is 0 Å². The van der Waals surface area contributed by atoms with Crippen molar-refractivity contribution in [1.29, 1.82) is 0 Å². The second-order valence-electron chi connectivity index (χ2n) is 4.92. The zero-order valence-corrected chi connectivity index (χ0v) is 13.8. The monoisotopic (exact) mass is 342 g/mol. The molecule has 2 aromatic heterocycles. The molecule has 0 saturated carbocycles. The minimum atomic E-state index is -0.389. The van der Waals surface area contributed by atoms with Gasteiger partial charge in [-0.2, -0.15) is 0 Å². The van der Waals surface area contributed by atoms with Gasteiger partial charge in [-0.05, 0) is 30.4 Å². The predicted octanol–water partition coefficient (Wildman–Crippen LogP) is 2.88. The number of rotatable bonds is 4. The van der Waals surface area contributed by atoms with Crippen molar-refractivity contribution >= 4 is 22.4 Å². The number of hydrogen-bond donors (Lipinski definition) is 2. The van der Waals surface area contributed by atoms with E-state index < -0.39 is 0 Å². The number of nitrogens with zero attached hydrogens (tertiary/aromatic N) is 3. The highest BCUT2D eigenvalue weighted by Crippen LogP contribution is 2.33. The molecule has 8 heteroatoms. The molecule has 0 radical (unpaired) electrons. The Bertz CT molecular complexity index is 895. The van der Waals surface area contributed by atoms with Gasteiger partial charge in [-0.3, -0.25) is 15.1 Å². The Labute approximate surface area is 142 Å². The molecular formula is C16H14N4O3S. The van der Waals surface area contributed by atoms with Crippen molar-refractivity contribution in [2.75, 3.05) is 12.4 Å². The van der Waals surface area contributed by atoms with Crippen LogP contribution in [0.15, 0.2) is 36.5 Å². The van der Waals surface area contributed by atoms with E-state index in [0.29, 0.717) is 16.9 Å². The van der Waals surface area contributed by atoms with Crippen molar-refractivity contribution in [2.45, 2.75) is 6.92 Å². The van der Waals surface area contributed by atoms with Gasteiger partial charge in [-0.25, -0.2) is 0 Å². The zero-order valence-electron chi connectivity index (χ0n) is 13.0. The van der Waals surface area contributed by atoms with Crippen molar-refractivity contribution in [2.24, 2.45) is 0 Å². The van der Waals surface area contributed by atoms with Gasteiger partial charge >= 0.3 is 0 Å². The Morgan fingerprint density at radius 2 is 2.04 bits per heavy atom. The number of aromatic nitrogens is 3. The molecule has 3 aromatic rings. The first-order chi connectivity index (χ1) is 11.6. The largest absolute Gasteiger partial charge is 0.496 e. The van der Waals surface area contributed by atoms with Crippen molar-refractivity contribution in [1.82, 2.24) is 15.2 Å². The number of carbonyl (C=O) groups excluding carboxylic acids is 1. The summed E-state index contributed by atoms with van der Waals surface area (Å²) in [5.74, 6) is 0.269. The molecule has 0 aliphatic heterocycles. The lowest BCUT2D eigenvalue weighted by Gasteiger charge is -2.13. The van der Waals surface area contributed by atoms with Gasteiger partial charge in [0.25, 0.3) is 11.1 Å². The highest BCUT2D eigenvalue weighted by molar-refractivity contribution is 7.17. The van der Waals surface area contributed by atoms with Crippen LogP contribution in [0.4, 0.5) is 5.13 Å². The molecular weight excluding hydrogens is 328 g/mol. The minimum Gasteiger partial charge on any atom is -0.496 e. The van der Waals surface area contributed by atoms with E-state index in [4.69, 9.17) is 4.74 Å². The van der Waals surface area contributed by atoms with Gasteiger partial charge < -0.3 is 9.84 Å². The van der Waals surface area contributed by atoms with Crippen molar-refractivity contribution in [3.63, 3.8) is 0 Å². The summed E-state index contributed by atoms with van der Waals surface area (Å²) in [6.45, 7) is 1.85. The maximum absolute atomic E-state index is 12.6. The van der Waals surface area contributed by atoms with Crippen LogP contribution in [0.5, 0.6) is 10.9 Å². The molecule has 0 fully saturated rings. The van der Waals surface area contributed by atoms with Crippen molar-refractivity contribution < 1.29 is 14.6 Å². The van der Waals surface area contributed by atoms with Crippen LogP contribution in [0.1, 0.15) is 16.1 Å². The summed E-state index contributed by atoms with van der Waals surface area (Å²) in [6.07, 6.45) is 1.51. The summed E-state index contributed by atoms with van der Waals surface area (Å²) in [5.41, 5.74) is 2.64. The molecule has 0 atom stereocenters. The van der Waals surface area contributed by atoms with Gasteiger partial charge in [0.1, 0.15) is 5.75 Å². The van der Waals surface area contributed by atoms with E-state index in [0.717, 1.165) is 22.6 Å². The molecule has 7 nitrogen and oxygen atoms in total. The normalized spacial score (nSPS) is 10.4. The Hall–Kier alpha value is -3.00. The van der Waals surface area contributed by atoms with Crippen LogP contribution in [-0.4, -0.2) is 33.3 Å². The van der Waals surface area contributed by atoms with E-state index in [1.165, 1.54) is 6.20 Å². The molecule has 122 valence electrons. The summed E-state index contributed by atoms with van der Waals surface area (Å²) in [6, 6.07) is 9.26. The van der Waals surface area contributed by atoms with Crippen LogP contribution in [0, 0.1) is 6.92 Å². The number of aryl methyl sites for hydroxylation is 1. The van der Waals surface area contributed by atoms with E-state index in [9.17, 15) is 9.90 Å². The number of carbonyl (C=O) groups is 1. The molecule has 0 spiro atoms. The quantitative estimate of drug-likeness (QED) is 0.757. The number of nitrogens with one attached hydrogen (secondary N) is 1. The Morgan fingerprint density at radius 3 is 2.75 bits per heavy atom. The highest BCUT2D eigenvalue weighted by Gasteiger charge is 2.18. The van der Waals surface area contributed by atoms with Crippen molar-refractivity contribution in [3.05, 3.63) is 47.8 Å². The van der Waals surface area contributed by atoms with E-state index >= 15 is 0 Å². The first-order valence-electron chi connectivity index (χ1n) is 7.02. The average molecular weight is 342 g/mol. The highest BCUT2D eigenvalue weighted by atomic mass is 32.1. The molecule has 0 saturated heterocycles. The van der Waals surface area contributed by atoms with Gasteiger partial charge in [0.2, 0.25) is 5.13 Å². The Kier molecular flexibility index (Phi) is 4.39. The van der Waals surface area contributed by atoms with Crippen molar-refractivity contribution in [3.8, 4) is 22.1 Å². The van der Waals surface area contributed by atoms with Gasteiger partial charge in [-0.1, -0.05) is 23.3 Å². The van der Waals surface area contributed by atoms with E-state index in [-0.39, 0.29) is 16.2 Å². The number of amides is 1. The van der Waals surface area contributed by atoms with Gasteiger partial charge in [0, 0.05) is 23.0 Å². The number of methoxy groups -OCH3 is 1. The number of pyridine rings is 1. The van der Waals surface area contributed by atoms with Gasteiger partial charge in [-0.15, -0.1) is 5.10 Å². The second-order valence-corrected chi connectivity index (χ2v) is 5.87. The minimum absolute atomic E-state index is 0.211. The van der Waals surface area contributed by atoms with Crippen LogP contribution < -0.4 is 10.1 Å². The van der Waals surface area contributed by atoms with E-state index in [1.54, 1.807) is 7.11 Å². The molecule has 0 aliphatic rings. The summed E-state index contributed by atoms with van der Waals surface area (Å²) < 4.78 is 5.39. The molecule has 0 unspecified atom stereocenters. The maximum atomic E-state index is 12.6. The van der Waals surface area contributed by atoms with Crippen LogP contribution >= 0.6 is 11.3 Å². The van der Waals surface area contributed by atoms with Crippen LogP contribution in [-0.2, 0) is 0 Å². The van der Waals surface area contributed by atoms with Gasteiger partial charge in [0.15, 0.2) is 0 Å². The number of para-hydroxylation sites is 1. The van der Waals surface area contributed by atoms with Gasteiger partial charge in [0.05, 0.1) is 12.7 Å². The van der Waals surface area contributed by atoms with Crippen LogP contribution in [0.3, 0.4) is 0 Å². The molecule has 3 rings (SSSR count). The smallest absolute Gasteiger partial charge is 0.293 e. The Morgan fingerprint density at radius 1 is 1.25 bits per heavy atom. The molecule has 2 heterocycles. The van der Waals surface area contributed by atoms with Crippen LogP contribution in [0.25, 0.3) is 11.1 Å². The fourth-order valence-electron chi connectivity index (χ4n) is 2.26. The fraction of sp³-hybridized carbons (Fsp3) is 0.125. The number of hydrogen-bond acceptors (Lipinski definition) is 7. The Balaban J connectivity index is 2.04. The number of aromatic hydroxyl groups is 1. The molecule has 1 amide bonds. The average Bonchev–Trinajstić information content (AvgIpc) is 2.99. The molecule has 2 N–H and O–H groups in total. The molecule has 1 aromatic carbocycles. The summed E-state index contributed by atoms with van der Waals surface area (Å²) >= 11 is 0.879. The third kappa shape index (κ3) is 3.18. The first-order valence-corrected chi connectivity index (χ1v) is 7.84. The van der Waals surface area contributed by atoms with E-state index in [1.807, 2.05) is 37.3 Å². The second kappa shape index (κ2) is 6.63. The van der Waals surface area contributed by atoms with E-state index in [2.05, 4.69) is 20.5 Å². The lowest BCUT2D eigenvalue weighted by Crippen LogP contribution is -2.14. The SMILES string of the molecule is COc1ccccc1-c1cc(C)ncc1C(=O)Nc1nnc(O)s1.